The Hall–Kier alpha value is -1.01. The van der Waals surface area contributed by atoms with Crippen LogP contribution in [0, 0.1) is 12.8 Å². The van der Waals surface area contributed by atoms with Crippen LogP contribution in [0.1, 0.15) is 18.9 Å². The summed E-state index contributed by atoms with van der Waals surface area (Å²) in [5.74, 6) is 1.67. The molecule has 1 atom stereocenters. The number of nitrogens with zero attached hydrogens (tertiary/aromatic N) is 1. The van der Waals surface area contributed by atoms with E-state index >= 15 is 0 Å². The molecule has 1 aliphatic rings. The van der Waals surface area contributed by atoms with Crippen molar-refractivity contribution in [3.05, 3.63) is 22.2 Å². The quantitative estimate of drug-likeness (QED) is 0.813. The third kappa shape index (κ3) is 3.80. The van der Waals surface area contributed by atoms with Crippen LogP contribution in [0.3, 0.4) is 0 Å². The van der Waals surface area contributed by atoms with Gasteiger partial charge in [0, 0.05) is 30.1 Å². The number of carbonyl (C=O) groups is 2. The van der Waals surface area contributed by atoms with Gasteiger partial charge in [-0.3, -0.25) is 9.59 Å². The number of thioether (sulfide) groups is 1. The van der Waals surface area contributed by atoms with E-state index < -0.39 is 0 Å². The molecule has 1 aromatic carbocycles. The third-order valence-corrected chi connectivity index (χ3v) is 5.38. The van der Waals surface area contributed by atoms with E-state index in [4.69, 9.17) is 4.74 Å². The van der Waals surface area contributed by atoms with E-state index in [1.165, 1.54) is 11.8 Å². The molecule has 6 heteroatoms. The summed E-state index contributed by atoms with van der Waals surface area (Å²) >= 11 is 4.76. The van der Waals surface area contributed by atoms with E-state index in [1.54, 1.807) is 18.9 Å². The molecule has 1 aliphatic heterocycles. The average molecular weight is 372 g/mol. The van der Waals surface area contributed by atoms with Gasteiger partial charge in [0.2, 0.25) is 5.91 Å². The van der Waals surface area contributed by atoms with E-state index in [0.717, 1.165) is 15.7 Å². The molecular weight excluding hydrogens is 354 g/mol. The molecule has 0 spiro atoms. The molecule has 1 aromatic rings. The molecule has 4 nitrogen and oxygen atoms in total. The van der Waals surface area contributed by atoms with Crippen LogP contribution >= 0.6 is 27.7 Å². The van der Waals surface area contributed by atoms with Gasteiger partial charge < -0.3 is 9.64 Å². The molecule has 1 heterocycles. The highest BCUT2D eigenvalue weighted by molar-refractivity contribution is 9.10. The smallest absolute Gasteiger partial charge is 0.227 e. The number of rotatable bonds is 4. The maximum absolute atomic E-state index is 12.3. The van der Waals surface area contributed by atoms with Crippen molar-refractivity contribution in [1.29, 1.82) is 0 Å². The molecular formula is C15H18BrNO3S. The van der Waals surface area contributed by atoms with Crippen molar-refractivity contribution in [2.24, 2.45) is 5.92 Å². The minimum Gasteiger partial charge on any atom is -0.495 e. The molecule has 1 saturated heterocycles. The molecule has 0 saturated carbocycles. The Morgan fingerprint density at radius 3 is 2.86 bits per heavy atom. The first-order valence-corrected chi connectivity index (χ1v) is 8.48. The highest BCUT2D eigenvalue weighted by Gasteiger charge is 2.32. The lowest BCUT2D eigenvalue weighted by molar-refractivity contribution is -0.117. The summed E-state index contributed by atoms with van der Waals surface area (Å²) in [5, 5.41) is 0.0953. The van der Waals surface area contributed by atoms with Gasteiger partial charge >= 0.3 is 0 Å². The second-order valence-electron chi connectivity index (χ2n) is 5.15. The fourth-order valence-electron chi connectivity index (χ4n) is 2.38. The van der Waals surface area contributed by atoms with Crippen molar-refractivity contribution in [3.63, 3.8) is 0 Å². The molecule has 1 fully saturated rings. The first-order chi connectivity index (χ1) is 9.92. The Morgan fingerprint density at radius 1 is 1.52 bits per heavy atom. The van der Waals surface area contributed by atoms with Crippen molar-refractivity contribution < 1.29 is 14.3 Å². The van der Waals surface area contributed by atoms with Crippen LogP contribution in [0.25, 0.3) is 0 Å². The van der Waals surface area contributed by atoms with Gasteiger partial charge in [0.25, 0.3) is 0 Å². The minimum atomic E-state index is 0.0872. The van der Waals surface area contributed by atoms with Crippen LogP contribution in [0.5, 0.6) is 5.75 Å². The summed E-state index contributed by atoms with van der Waals surface area (Å²) in [7, 11) is 1.60. The number of hydrogen-bond donors (Lipinski definition) is 0. The molecule has 0 aromatic heterocycles. The molecule has 1 amide bonds. The number of anilines is 1. The number of hydrogen-bond acceptors (Lipinski definition) is 4. The predicted molar refractivity (Wildman–Crippen MR) is 89.0 cm³/mol. The largest absolute Gasteiger partial charge is 0.495 e. The first kappa shape index (κ1) is 16.4. The van der Waals surface area contributed by atoms with Crippen LogP contribution in [-0.2, 0) is 9.59 Å². The van der Waals surface area contributed by atoms with Gasteiger partial charge in [0.15, 0.2) is 5.12 Å². The molecule has 0 N–H and O–H groups in total. The van der Waals surface area contributed by atoms with Crippen LogP contribution in [-0.4, -0.2) is 30.4 Å². The van der Waals surface area contributed by atoms with Gasteiger partial charge in [0.05, 0.1) is 12.8 Å². The van der Waals surface area contributed by atoms with E-state index in [-0.39, 0.29) is 16.9 Å². The molecule has 1 unspecified atom stereocenters. The van der Waals surface area contributed by atoms with Gasteiger partial charge in [-0.05, 0) is 30.5 Å². The van der Waals surface area contributed by atoms with Crippen molar-refractivity contribution in [3.8, 4) is 5.75 Å². The van der Waals surface area contributed by atoms with Gasteiger partial charge in [0.1, 0.15) is 5.75 Å². The highest BCUT2D eigenvalue weighted by Crippen LogP contribution is 2.37. The Balaban J connectivity index is 2.20. The van der Waals surface area contributed by atoms with Crippen molar-refractivity contribution >= 4 is 44.4 Å². The zero-order valence-electron chi connectivity index (χ0n) is 12.3. The molecule has 0 radical (unpaired) electrons. The van der Waals surface area contributed by atoms with Crippen molar-refractivity contribution in [2.45, 2.75) is 20.3 Å². The molecule has 114 valence electrons. The second kappa shape index (κ2) is 6.83. The van der Waals surface area contributed by atoms with Crippen LogP contribution in [0.15, 0.2) is 16.6 Å². The Bertz CT molecular complexity index is 576. The minimum absolute atomic E-state index is 0.0872. The topological polar surface area (TPSA) is 46.6 Å². The summed E-state index contributed by atoms with van der Waals surface area (Å²) in [4.78, 5) is 25.1. The van der Waals surface area contributed by atoms with Crippen molar-refractivity contribution in [2.75, 3.05) is 24.3 Å². The lowest BCUT2D eigenvalue weighted by Crippen LogP contribution is -2.25. The number of halogens is 1. The summed E-state index contributed by atoms with van der Waals surface area (Å²) < 4.78 is 6.35. The van der Waals surface area contributed by atoms with Crippen LogP contribution in [0.2, 0.25) is 0 Å². The highest BCUT2D eigenvalue weighted by atomic mass is 79.9. The monoisotopic (exact) mass is 371 g/mol. The summed E-state index contributed by atoms with van der Waals surface area (Å²) in [5.41, 5.74) is 1.86. The van der Waals surface area contributed by atoms with E-state index in [0.29, 0.717) is 24.5 Å². The normalized spacial score (nSPS) is 18.2. The van der Waals surface area contributed by atoms with Crippen molar-refractivity contribution in [1.82, 2.24) is 0 Å². The maximum atomic E-state index is 12.3. The fourth-order valence-corrected chi connectivity index (χ4v) is 3.40. The van der Waals surface area contributed by atoms with Crippen LogP contribution < -0.4 is 9.64 Å². The van der Waals surface area contributed by atoms with Gasteiger partial charge in [-0.25, -0.2) is 0 Å². The molecule has 2 rings (SSSR count). The number of methoxy groups -OCH3 is 1. The van der Waals surface area contributed by atoms with E-state index in [9.17, 15) is 9.59 Å². The first-order valence-electron chi connectivity index (χ1n) is 6.70. The Kier molecular flexibility index (Phi) is 5.32. The van der Waals surface area contributed by atoms with E-state index in [2.05, 4.69) is 15.9 Å². The molecule has 0 bridgehead atoms. The zero-order chi connectivity index (χ0) is 15.6. The predicted octanol–water partition coefficient (Wildman–Crippen LogP) is 3.40. The lowest BCUT2D eigenvalue weighted by Gasteiger charge is -2.21. The SMILES string of the molecule is COc1cc(Br)c(C)cc1N1CC(CSC(C)=O)CC1=O. The molecule has 21 heavy (non-hydrogen) atoms. The van der Waals surface area contributed by atoms with Crippen LogP contribution in [0.4, 0.5) is 5.69 Å². The second-order valence-corrected chi connectivity index (χ2v) is 7.20. The Morgan fingerprint density at radius 2 is 2.24 bits per heavy atom. The van der Waals surface area contributed by atoms with E-state index in [1.807, 2.05) is 19.1 Å². The zero-order valence-corrected chi connectivity index (χ0v) is 14.7. The average Bonchev–Trinajstić information content (AvgIpc) is 2.80. The number of ether oxygens (including phenoxy) is 1. The fraction of sp³-hybridized carbons (Fsp3) is 0.467. The van der Waals surface area contributed by atoms with Gasteiger partial charge in [-0.1, -0.05) is 27.7 Å². The standard InChI is InChI=1S/C15H18BrNO3S/c1-9-4-13(14(20-3)6-12(9)16)17-7-11(5-15(17)19)8-21-10(2)18/h4,6,11H,5,7-8H2,1-3H3. The van der Waals surface area contributed by atoms with Gasteiger partial charge in [-0.15, -0.1) is 0 Å². The summed E-state index contributed by atoms with van der Waals surface area (Å²) in [6, 6.07) is 3.84. The number of aryl methyl sites for hydroxylation is 1. The number of amides is 1. The number of carbonyl (C=O) groups excluding carboxylic acids is 2. The summed E-state index contributed by atoms with van der Waals surface area (Å²) in [6.07, 6.45) is 0.485. The Labute approximate surface area is 137 Å². The van der Waals surface area contributed by atoms with Gasteiger partial charge in [-0.2, -0.15) is 0 Å². The third-order valence-electron chi connectivity index (χ3n) is 3.48. The maximum Gasteiger partial charge on any atom is 0.227 e. The molecule has 0 aliphatic carbocycles. The lowest BCUT2D eigenvalue weighted by atomic mass is 10.1. The number of benzene rings is 1. The summed E-state index contributed by atoms with van der Waals surface area (Å²) in [6.45, 7) is 4.17.